The number of hydrogen-bond donors (Lipinski definition) is 3. The van der Waals surface area contributed by atoms with E-state index in [1.54, 1.807) is 12.1 Å². The highest BCUT2D eigenvalue weighted by Crippen LogP contribution is 2.31. The molecule has 2 saturated heterocycles. The highest BCUT2D eigenvalue weighted by Gasteiger charge is 2.33. The van der Waals surface area contributed by atoms with Crippen molar-refractivity contribution in [2.75, 3.05) is 26.4 Å². The fourth-order valence-corrected chi connectivity index (χ4v) is 4.01. The predicted octanol–water partition coefficient (Wildman–Crippen LogP) is 3.67. The highest BCUT2D eigenvalue weighted by atomic mass is 35.5. The van der Waals surface area contributed by atoms with Gasteiger partial charge in [-0.15, -0.1) is 0 Å². The molecule has 2 fully saturated rings. The molecule has 0 radical (unpaired) electrons. The number of H-pyrrole nitrogens is 1. The van der Waals surface area contributed by atoms with Crippen LogP contribution in [-0.2, 0) is 14.3 Å². The minimum atomic E-state index is -0.0825. The molecular formula is C23H26ClN3O5. The number of pyridine rings is 1. The molecule has 0 saturated carbocycles. The lowest BCUT2D eigenvalue weighted by Gasteiger charge is -2.08. The molecule has 4 heterocycles. The van der Waals surface area contributed by atoms with E-state index in [1.165, 1.54) is 6.92 Å². The number of nitrogens with one attached hydrogen (secondary N) is 2. The molecule has 1 aromatic carbocycles. The van der Waals surface area contributed by atoms with Gasteiger partial charge in [-0.05, 0) is 43.2 Å². The Kier molecular flexibility index (Phi) is 7.14. The van der Waals surface area contributed by atoms with Crippen LogP contribution in [0.4, 0.5) is 0 Å². The van der Waals surface area contributed by atoms with Crippen LogP contribution in [-0.4, -0.2) is 59.6 Å². The Morgan fingerprint density at radius 3 is 2.56 bits per heavy atom. The van der Waals surface area contributed by atoms with Crippen LogP contribution >= 0.6 is 11.6 Å². The topological polar surface area (TPSA) is 106 Å². The van der Waals surface area contributed by atoms with Gasteiger partial charge in [0.25, 0.3) is 0 Å². The maximum Gasteiger partial charge on any atom is 0.216 e. The Morgan fingerprint density at radius 1 is 1.22 bits per heavy atom. The molecule has 32 heavy (non-hydrogen) atoms. The molecule has 0 bridgehead atoms. The number of aromatic nitrogens is 2. The van der Waals surface area contributed by atoms with Crippen molar-refractivity contribution in [1.82, 2.24) is 15.3 Å². The van der Waals surface area contributed by atoms with Gasteiger partial charge in [-0.3, -0.25) is 4.79 Å². The van der Waals surface area contributed by atoms with E-state index in [0.29, 0.717) is 52.9 Å². The number of aromatic amines is 1. The Balaban J connectivity index is 0.000000254. The van der Waals surface area contributed by atoms with E-state index in [0.717, 1.165) is 31.6 Å². The van der Waals surface area contributed by atoms with Crippen LogP contribution in [0.2, 0.25) is 5.02 Å². The Hall–Kier alpha value is -2.81. The molecule has 1 amide bonds. The third-order valence-electron chi connectivity index (χ3n) is 5.30. The van der Waals surface area contributed by atoms with Gasteiger partial charge in [0.2, 0.25) is 5.91 Å². The third-order valence-corrected chi connectivity index (χ3v) is 5.59. The minimum absolute atomic E-state index is 0.0497. The van der Waals surface area contributed by atoms with Crippen LogP contribution in [0.5, 0.6) is 11.6 Å². The first-order valence-electron chi connectivity index (χ1n) is 10.6. The molecule has 9 heteroatoms. The van der Waals surface area contributed by atoms with Gasteiger partial charge in [-0.1, -0.05) is 11.6 Å². The largest absolute Gasteiger partial charge is 0.495 e. The number of aromatic hydroxyl groups is 1. The van der Waals surface area contributed by atoms with Crippen molar-refractivity contribution in [3.05, 3.63) is 41.4 Å². The smallest absolute Gasteiger partial charge is 0.216 e. The fraction of sp³-hybridized carbons (Fsp3) is 0.391. The minimum Gasteiger partial charge on any atom is -0.495 e. The second-order valence-corrected chi connectivity index (χ2v) is 8.07. The van der Waals surface area contributed by atoms with Crippen molar-refractivity contribution in [2.45, 2.75) is 32.0 Å². The molecule has 0 aliphatic carbocycles. The van der Waals surface area contributed by atoms with Gasteiger partial charge in [0.15, 0.2) is 5.88 Å². The molecular weight excluding hydrogens is 434 g/mol. The summed E-state index contributed by atoms with van der Waals surface area (Å²) in [5, 5.41) is 12.7. The van der Waals surface area contributed by atoms with Crippen molar-refractivity contribution in [2.24, 2.45) is 0 Å². The van der Waals surface area contributed by atoms with E-state index in [-0.39, 0.29) is 11.8 Å². The van der Waals surface area contributed by atoms with E-state index in [1.807, 2.05) is 24.3 Å². The SMILES string of the molecule is C1CC2OCCC2O1.CC(=O)NCCOc1ccc(-c2nc3cc(O)[nH]c3cc2Cl)cc1. The number of hydrogen-bond acceptors (Lipinski definition) is 6. The van der Waals surface area contributed by atoms with Crippen LogP contribution in [0.25, 0.3) is 22.3 Å². The van der Waals surface area contributed by atoms with Crippen molar-refractivity contribution < 1.29 is 24.1 Å². The summed E-state index contributed by atoms with van der Waals surface area (Å²) in [5.41, 5.74) is 2.80. The second-order valence-electron chi connectivity index (χ2n) is 7.66. The lowest BCUT2D eigenvalue weighted by Crippen LogP contribution is -2.25. The van der Waals surface area contributed by atoms with Gasteiger partial charge in [-0.25, -0.2) is 4.98 Å². The average molecular weight is 460 g/mol. The maximum atomic E-state index is 10.8. The highest BCUT2D eigenvalue weighted by molar-refractivity contribution is 6.33. The number of carbonyl (C=O) groups excluding carboxylic acids is 1. The second kappa shape index (κ2) is 10.2. The monoisotopic (exact) mass is 459 g/mol. The summed E-state index contributed by atoms with van der Waals surface area (Å²) in [7, 11) is 0. The van der Waals surface area contributed by atoms with Crippen molar-refractivity contribution in [1.29, 1.82) is 0 Å². The first-order valence-corrected chi connectivity index (χ1v) is 11.0. The third kappa shape index (κ3) is 5.51. The Morgan fingerprint density at radius 2 is 1.91 bits per heavy atom. The van der Waals surface area contributed by atoms with Crippen LogP contribution in [0.3, 0.4) is 0 Å². The molecule has 2 atom stereocenters. The molecule has 2 aromatic heterocycles. The predicted molar refractivity (Wildman–Crippen MR) is 121 cm³/mol. The summed E-state index contributed by atoms with van der Waals surface area (Å²) in [4.78, 5) is 18.0. The number of benzene rings is 1. The summed E-state index contributed by atoms with van der Waals surface area (Å²) in [6, 6.07) is 10.6. The fourth-order valence-electron chi connectivity index (χ4n) is 3.75. The zero-order valence-electron chi connectivity index (χ0n) is 17.8. The maximum absolute atomic E-state index is 10.8. The van der Waals surface area contributed by atoms with Crippen LogP contribution in [0, 0.1) is 0 Å². The molecule has 2 aliphatic rings. The van der Waals surface area contributed by atoms with Crippen molar-refractivity contribution >= 4 is 28.5 Å². The van der Waals surface area contributed by atoms with Crippen molar-refractivity contribution in [3.8, 4) is 22.9 Å². The van der Waals surface area contributed by atoms with Gasteiger partial charge in [-0.2, -0.15) is 0 Å². The van der Waals surface area contributed by atoms with Crippen LogP contribution in [0.1, 0.15) is 19.8 Å². The van der Waals surface area contributed by atoms with Gasteiger partial charge in [0.05, 0.1) is 40.5 Å². The number of fused-ring (bicyclic) bond motifs is 2. The first kappa shape index (κ1) is 22.4. The molecule has 5 rings (SSSR count). The van der Waals surface area contributed by atoms with Gasteiger partial charge in [0, 0.05) is 31.8 Å². The standard InChI is InChI=1S/C17H16ClN3O3.C6H10O2/c1-10(22)19-6-7-24-12-4-2-11(3-5-12)17-13(18)8-14-15(21-17)9-16(23)20-14;1-3-7-6-2-4-8-5(1)6/h2-5,8-9,20,23H,6-7H2,1H3,(H,19,22);5-6H,1-4H2. The Bertz CT molecular complexity index is 1050. The number of amides is 1. The zero-order valence-corrected chi connectivity index (χ0v) is 18.5. The van der Waals surface area contributed by atoms with Gasteiger partial charge in [0.1, 0.15) is 12.4 Å². The number of carbonyl (C=O) groups is 1. The van der Waals surface area contributed by atoms with Crippen LogP contribution in [0.15, 0.2) is 36.4 Å². The van der Waals surface area contributed by atoms with E-state index in [2.05, 4.69) is 15.3 Å². The summed E-state index contributed by atoms with van der Waals surface area (Å²) in [5.74, 6) is 0.662. The van der Waals surface area contributed by atoms with E-state index < -0.39 is 0 Å². The number of nitrogens with zero attached hydrogens (tertiary/aromatic N) is 1. The first-order chi connectivity index (χ1) is 15.5. The summed E-state index contributed by atoms with van der Waals surface area (Å²) in [6.45, 7) is 4.14. The van der Waals surface area contributed by atoms with E-state index >= 15 is 0 Å². The quantitative estimate of drug-likeness (QED) is 0.503. The molecule has 0 spiro atoms. The molecule has 2 aliphatic heterocycles. The normalized spacial score (nSPS) is 19.3. The summed E-state index contributed by atoms with van der Waals surface area (Å²) in [6.07, 6.45) is 3.14. The summed E-state index contributed by atoms with van der Waals surface area (Å²) < 4.78 is 16.2. The van der Waals surface area contributed by atoms with Gasteiger partial charge < -0.3 is 29.6 Å². The van der Waals surface area contributed by atoms with Crippen LogP contribution < -0.4 is 10.1 Å². The molecule has 3 aromatic rings. The molecule has 2 unspecified atom stereocenters. The lowest BCUT2D eigenvalue weighted by molar-refractivity contribution is -0.119. The summed E-state index contributed by atoms with van der Waals surface area (Å²) >= 11 is 6.28. The lowest BCUT2D eigenvalue weighted by atomic mass is 10.1. The zero-order chi connectivity index (χ0) is 22.5. The number of ether oxygens (including phenoxy) is 3. The molecule has 8 nitrogen and oxygen atoms in total. The van der Waals surface area contributed by atoms with Crippen molar-refractivity contribution in [3.63, 3.8) is 0 Å². The van der Waals surface area contributed by atoms with Gasteiger partial charge >= 0.3 is 0 Å². The van der Waals surface area contributed by atoms with E-state index in [9.17, 15) is 9.90 Å². The van der Waals surface area contributed by atoms with E-state index in [4.69, 9.17) is 25.8 Å². The Labute approximate surface area is 190 Å². The molecule has 3 N–H and O–H groups in total. The average Bonchev–Trinajstić information content (AvgIpc) is 3.47. The number of rotatable bonds is 5. The number of halogens is 1. The molecule has 170 valence electrons.